The van der Waals surface area contributed by atoms with Gasteiger partial charge in [-0.15, -0.1) is 0 Å². The van der Waals surface area contributed by atoms with Crippen LogP contribution in [-0.4, -0.2) is 30.6 Å². The Balaban J connectivity index is 2.39. The summed E-state index contributed by atoms with van der Waals surface area (Å²) in [5, 5.41) is 3.25. The third-order valence-corrected chi connectivity index (χ3v) is 2.38. The first-order valence-electron chi connectivity index (χ1n) is 4.39. The van der Waals surface area contributed by atoms with Crippen molar-refractivity contribution < 1.29 is 0 Å². The van der Waals surface area contributed by atoms with E-state index < -0.39 is 0 Å². The molecule has 0 saturated carbocycles. The Morgan fingerprint density at radius 3 is 3.00 bits per heavy atom. The topological polar surface area (TPSA) is 15.3 Å². The highest BCUT2D eigenvalue weighted by Crippen LogP contribution is 2.07. The van der Waals surface area contributed by atoms with Gasteiger partial charge in [-0.2, -0.15) is 0 Å². The molecular formula is C9H18N2. The number of rotatable bonds is 2. The minimum Gasteiger partial charge on any atom is -0.386 e. The van der Waals surface area contributed by atoms with Crippen LogP contribution in [0, 0.1) is 0 Å². The van der Waals surface area contributed by atoms with Crippen molar-refractivity contribution in [2.75, 3.05) is 19.6 Å². The molecule has 0 aromatic rings. The van der Waals surface area contributed by atoms with Crippen LogP contribution in [0.15, 0.2) is 12.3 Å². The van der Waals surface area contributed by atoms with Crippen molar-refractivity contribution in [3.8, 4) is 0 Å². The van der Waals surface area contributed by atoms with Gasteiger partial charge in [0.25, 0.3) is 0 Å². The molecular weight excluding hydrogens is 136 g/mol. The van der Waals surface area contributed by atoms with E-state index in [0.29, 0.717) is 6.04 Å². The second-order valence-corrected chi connectivity index (χ2v) is 3.26. The number of nitrogens with one attached hydrogen (secondary N) is 1. The van der Waals surface area contributed by atoms with Crippen molar-refractivity contribution in [1.29, 1.82) is 0 Å². The van der Waals surface area contributed by atoms with E-state index in [9.17, 15) is 0 Å². The van der Waals surface area contributed by atoms with Crippen LogP contribution in [0.3, 0.4) is 0 Å². The van der Waals surface area contributed by atoms with E-state index in [4.69, 9.17) is 0 Å². The Morgan fingerprint density at radius 2 is 2.45 bits per heavy atom. The van der Waals surface area contributed by atoms with Crippen molar-refractivity contribution in [3.63, 3.8) is 0 Å². The molecule has 1 atom stereocenters. The van der Waals surface area contributed by atoms with Gasteiger partial charge >= 0.3 is 0 Å². The van der Waals surface area contributed by atoms with Crippen LogP contribution in [-0.2, 0) is 0 Å². The highest BCUT2D eigenvalue weighted by atomic mass is 15.2. The highest BCUT2D eigenvalue weighted by molar-refractivity contribution is 4.98. The number of nitrogens with zero attached hydrogens (tertiary/aromatic N) is 1. The van der Waals surface area contributed by atoms with Crippen LogP contribution in [0.5, 0.6) is 0 Å². The monoisotopic (exact) mass is 154 g/mol. The highest BCUT2D eigenvalue weighted by Gasteiger charge is 2.15. The minimum absolute atomic E-state index is 0.703. The van der Waals surface area contributed by atoms with E-state index in [1.54, 1.807) is 0 Å². The normalized spacial score (nSPS) is 22.9. The van der Waals surface area contributed by atoms with Crippen LogP contribution < -0.4 is 5.32 Å². The molecule has 1 saturated heterocycles. The number of hydrogen-bond donors (Lipinski definition) is 1. The fourth-order valence-corrected chi connectivity index (χ4v) is 1.39. The van der Waals surface area contributed by atoms with Crippen LogP contribution in [0.2, 0.25) is 0 Å². The maximum atomic E-state index is 3.93. The van der Waals surface area contributed by atoms with E-state index in [0.717, 1.165) is 25.3 Å². The summed E-state index contributed by atoms with van der Waals surface area (Å²) in [4.78, 5) is 2.47. The summed E-state index contributed by atoms with van der Waals surface area (Å²) in [6, 6.07) is 0.703. The maximum absolute atomic E-state index is 3.93. The van der Waals surface area contributed by atoms with Gasteiger partial charge in [0.1, 0.15) is 0 Å². The molecule has 0 aromatic heterocycles. The van der Waals surface area contributed by atoms with E-state index in [1.807, 2.05) is 0 Å². The van der Waals surface area contributed by atoms with E-state index >= 15 is 0 Å². The van der Waals surface area contributed by atoms with Gasteiger partial charge in [-0.3, -0.25) is 4.90 Å². The van der Waals surface area contributed by atoms with Gasteiger partial charge in [-0.05, 0) is 13.3 Å². The molecule has 1 rings (SSSR count). The number of hydrogen-bond acceptors (Lipinski definition) is 2. The molecule has 1 aliphatic heterocycles. The van der Waals surface area contributed by atoms with Gasteiger partial charge in [-0.1, -0.05) is 13.5 Å². The molecule has 0 radical (unpaired) electrons. The first kappa shape index (κ1) is 8.60. The van der Waals surface area contributed by atoms with Gasteiger partial charge < -0.3 is 5.32 Å². The number of piperazine rings is 1. The zero-order valence-corrected chi connectivity index (χ0v) is 7.56. The fourth-order valence-electron chi connectivity index (χ4n) is 1.39. The van der Waals surface area contributed by atoms with Crippen LogP contribution >= 0.6 is 0 Å². The van der Waals surface area contributed by atoms with Crippen molar-refractivity contribution in [2.24, 2.45) is 0 Å². The standard InChI is InChI=1S/C9H18N2/c1-4-9(3)11-6-5-10-8(2)7-11/h9-10H,2,4-7H2,1,3H3. The third kappa shape index (κ3) is 2.22. The zero-order chi connectivity index (χ0) is 8.27. The SMILES string of the molecule is C=C1CN(C(C)CC)CCN1. The summed E-state index contributed by atoms with van der Waals surface area (Å²) >= 11 is 0. The molecule has 64 valence electrons. The molecule has 1 aliphatic rings. The smallest absolute Gasteiger partial charge is 0.0379 e. The van der Waals surface area contributed by atoms with Crippen molar-refractivity contribution in [3.05, 3.63) is 12.3 Å². The summed E-state index contributed by atoms with van der Waals surface area (Å²) in [7, 11) is 0. The summed E-state index contributed by atoms with van der Waals surface area (Å²) in [6.45, 7) is 11.7. The minimum atomic E-state index is 0.703. The zero-order valence-electron chi connectivity index (χ0n) is 7.56. The lowest BCUT2D eigenvalue weighted by Gasteiger charge is -2.33. The molecule has 0 bridgehead atoms. The van der Waals surface area contributed by atoms with Gasteiger partial charge in [0.2, 0.25) is 0 Å². The van der Waals surface area contributed by atoms with Crippen LogP contribution in [0.4, 0.5) is 0 Å². The summed E-state index contributed by atoms with van der Waals surface area (Å²) in [5.74, 6) is 0. The first-order valence-corrected chi connectivity index (χ1v) is 4.39. The fraction of sp³-hybridized carbons (Fsp3) is 0.778. The lowest BCUT2D eigenvalue weighted by molar-refractivity contribution is 0.200. The molecule has 2 heteroatoms. The quantitative estimate of drug-likeness (QED) is 0.643. The van der Waals surface area contributed by atoms with Crippen LogP contribution in [0.1, 0.15) is 20.3 Å². The van der Waals surface area contributed by atoms with E-state index in [1.165, 1.54) is 6.42 Å². The Morgan fingerprint density at radius 1 is 1.73 bits per heavy atom. The first-order chi connectivity index (χ1) is 5.24. The second kappa shape index (κ2) is 3.77. The van der Waals surface area contributed by atoms with Crippen molar-refractivity contribution in [1.82, 2.24) is 10.2 Å². The van der Waals surface area contributed by atoms with Gasteiger partial charge in [-0.25, -0.2) is 0 Å². The molecule has 11 heavy (non-hydrogen) atoms. The van der Waals surface area contributed by atoms with Crippen molar-refractivity contribution >= 4 is 0 Å². The Labute approximate surface area is 69.3 Å². The van der Waals surface area contributed by atoms with Gasteiger partial charge in [0.15, 0.2) is 0 Å². The van der Waals surface area contributed by atoms with E-state index in [2.05, 4.69) is 30.6 Å². The van der Waals surface area contributed by atoms with Crippen molar-refractivity contribution in [2.45, 2.75) is 26.3 Å². The molecule has 1 heterocycles. The molecule has 0 aromatic carbocycles. The Kier molecular flexibility index (Phi) is 2.94. The summed E-state index contributed by atoms with van der Waals surface area (Å²) in [6.07, 6.45) is 1.23. The lowest BCUT2D eigenvalue weighted by atomic mass is 10.2. The molecule has 0 amide bonds. The average Bonchev–Trinajstić information content (AvgIpc) is 2.03. The van der Waals surface area contributed by atoms with Gasteiger partial charge in [0, 0.05) is 31.4 Å². The lowest BCUT2D eigenvalue weighted by Crippen LogP contribution is -2.45. The maximum Gasteiger partial charge on any atom is 0.0379 e. The predicted molar refractivity (Wildman–Crippen MR) is 48.5 cm³/mol. The Hall–Kier alpha value is -0.500. The summed E-state index contributed by atoms with van der Waals surface area (Å²) in [5.41, 5.74) is 1.16. The molecule has 1 unspecified atom stereocenters. The molecule has 2 nitrogen and oxygen atoms in total. The molecule has 0 spiro atoms. The molecule has 1 fully saturated rings. The molecule has 1 N–H and O–H groups in total. The van der Waals surface area contributed by atoms with E-state index in [-0.39, 0.29) is 0 Å². The third-order valence-electron chi connectivity index (χ3n) is 2.38. The van der Waals surface area contributed by atoms with Crippen LogP contribution in [0.25, 0.3) is 0 Å². The summed E-state index contributed by atoms with van der Waals surface area (Å²) < 4.78 is 0. The second-order valence-electron chi connectivity index (χ2n) is 3.26. The predicted octanol–water partition coefficient (Wildman–Crippen LogP) is 1.20. The largest absolute Gasteiger partial charge is 0.386 e. The Bertz CT molecular complexity index is 142. The molecule has 0 aliphatic carbocycles. The average molecular weight is 154 g/mol. The van der Waals surface area contributed by atoms with Gasteiger partial charge in [0.05, 0.1) is 0 Å².